The van der Waals surface area contributed by atoms with Crippen molar-refractivity contribution in [2.45, 2.75) is 12.8 Å². The van der Waals surface area contributed by atoms with Gasteiger partial charge in [-0.1, -0.05) is 17.7 Å². The van der Waals surface area contributed by atoms with E-state index in [4.69, 9.17) is 21.4 Å². The molecule has 1 aromatic carbocycles. The molecule has 0 atom stereocenters. The molecule has 0 bridgehead atoms. The monoisotopic (exact) mass is 492 g/mol. The molecular weight excluding hydrogens is 471 g/mol. The number of carbonyl (C=O) groups is 2. The van der Waals surface area contributed by atoms with Crippen LogP contribution in [0.25, 0.3) is 0 Å². The van der Waals surface area contributed by atoms with E-state index in [0.29, 0.717) is 43.2 Å². The molecule has 1 aromatic rings. The second-order valence-electron chi connectivity index (χ2n) is 6.00. The van der Waals surface area contributed by atoms with Crippen LogP contribution in [0.2, 0.25) is 5.02 Å². The van der Waals surface area contributed by atoms with Gasteiger partial charge in [0, 0.05) is 54.9 Å². The second kappa shape index (κ2) is 10.1. The lowest BCUT2D eigenvalue weighted by atomic mass is 10.1. The van der Waals surface area contributed by atoms with Crippen LogP contribution in [0.1, 0.15) is 12.0 Å². The van der Waals surface area contributed by atoms with E-state index in [1.807, 2.05) is 11.0 Å². The molecule has 1 fully saturated rings. The molecule has 1 aliphatic rings. The van der Waals surface area contributed by atoms with E-state index >= 15 is 0 Å². The van der Waals surface area contributed by atoms with Gasteiger partial charge in [-0.25, -0.2) is 4.79 Å². The first kappa shape index (κ1) is 21.0. The lowest BCUT2D eigenvalue weighted by molar-refractivity contribution is -0.133. The first-order valence-electron chi connectivity index (χ1n) is 8.32. The highest BCUT2D eigenvalue weighted by Gasteiger charge is 2.20. The van der Waals surface area contributed by atoms with E-state index in [1.165, 1.54) is 0 Å². The number of aryl methyl sites for hydroxylation is 1. The molecule has 0 aromatic heterocycles. The van der Waals surface area contributed by atoms with Crippen LogP contribution in [0, 0.1) is 3.57 Å². The highest BCUT2D eigenvalue weighted by molar-refractivity contribution is 14.1. The van der Waals surface area contributed by atoms with Crippen LogP contribution in [-0.2, 0) is 16.0 Å². The van der Waals surface area contributed by atoms with Crippen molar-refractivity contribution in [1.29, 1.82) is 0 Å². The molecule has 0 saturated carbocycles. The van der Waals surface area contributed by atoms with Crippen molar-refractivity contribution in [3.05, 3.63) is 38.4 Å². The normalized spacial score (nSPS) is 15.4. The zero-order valence-electron chi connectivity index (χ0n) is 14.6. The summed E-state index contributed by atoms with van der Waals surface area (Å²) in [5.74, 6) is -0.109. The van der Waals surface area contributed by atoms with Crippen molar-refractivity contribution in [3.63, 3.8) is 0 Å². The average Bonchev–Trinajstić information content (AvgIpc) is 2.62. The van der Waals surface area contributed by atoms with Gasteiger partial charge in [0.15, 0.2) is 0 Å². The first-order chi connectivity index (χ1) is 12.4. The summed E-state index contributed by atoms with van der Waals surface area (Å²) in [5, 5.41) is 9.25. The number of ether oxygens (including phenoxy) is 1. The maximum atomic E-state index is 12.5. The predicted octanol–water partition coefficient (Wildman–Crippen LogP) is 2.67. The minimum absolute atomic E-state index is 0.123. The number of hydrogen-bond donors (Lipinski definition) is 1. The number of piperazine rings is 1. The van der Waals surface area contributed by atoms with Crippen molar-refractivity contribution in [1.82, 2.24) is 9.80 Å². The van der Waals surface area contributed by atoms with Crippen LogP contribution in [-0.4, -0.2) is 66.6 Å². The van der Waals surface area contributed by atoms with Gasteiger partial charge in [0.1, 0.15) is 5.75 Å². The van der Waals surface area contributed by atoms with Gasteiger partial charge in [-0.15, -0.1) is 0 Å². The fraction of sp³-hybridized carbons (Fsp3) is 0.444. The standard InChI is InChI=1S/C18H22ClIN2O4/c1-26-16-12-14(19)15(20)11-13(16)4-5-17(23)22-9-7-21(8-10-22)6-2-3-18(24)25/h2-3,11-12H,4-10H2,1H3,(H,24,25)/b3-2+. The molecule has 0 unspecified atom stereocenters. The number of halogens is 2. The van der Waals surface area contributed by atoms with Crippen molar-refractivity contribution < 1.29 is 19.4 Å². The maximum Gasteiger partial charge on any atom is 0.328 e. The molecule has 8 heteroatoms. The topological polar surface area (TPSA) is 70.1 Å². The predicted molar refractivity (Wildman–Crippen MR) is 109 cm³/mol. The van der Waals surface area contributed by atoms with Crippen LogP contribution in [0.5, 0.6) is 5.75 Å². The Balaban J connectivity index is 1.83. The van der Waals surface area contributed by atoms with Gasteiger partial charge < -0.3 is 14.7 Å². The number of rotatable bonds is 7. The fourth-order valence-corrected chi connectivity index (χ4v) is 3.52. The molecule has 0 radical (unpaired) electrons. The number of methoxy groups -OCH3 is 1. The molecule has 6 nitrogen and oxygen atoms in total. The Hall–Kier alpha value is -1.32. The van der Waals surface area contributed by atoms with Gasteiger partial charge in [0.2, 0.25) is 5.91 Å². The third kappa shape index (κ3) is 6.14. The van der Waals surface area contributed by atoms with E-state index < -0.39 is 5.97 Å². The van der Waals surface area contributed by atoms with Crippen LogP contribution in [0.4, 0.5) is 0 Å². The van der Waals surface area contributed by atoms with Gasteiger partial charge >= 0.3 is 5.97 Å². The third-order valence-corrected chi connectivity index (χ3v) is 5.80. The molecule has 1 heterocycles. The summed E-state index contributed by atoms with van der Waals surface area (Å²) in [5.41, 5.74) is 0.979. The number of hydrogen-bond acceptors (Lipinski definition) is 4. The van der Waals surface area contributed by atoms with Crippen molar-refractivity contribution in [2.24, 2.45) is 0 Å². The van der Waals surface area contributed by atoms with Crippen LogP contribution < -0.4 is 4.74 Å². The summed E-state index contributed by atoms with van der Waals surface area (Å²) in [6.45, 7) is 3.41. The van der Waals surface area contributed by atoms with E-state index in [2.05, 4.69) is 27.5 Å². The molecule has 2 rings (SSSR count). The Labute approximate surface area is 171 Å². The minimum Gasteiger partial charge on any atom is -0.496 e. The molecule has 26 heavy (non-hydrogen) atoms. The van der Waals surface area contributed by atoms with Gasteiger partial charge in [-0.2, -0.15) is 0 Å². The Morgan fingerprint density at radius 3 is 2.62 bits per heavy atom. The Bertz CT molecular complexity index is 688. The summed E-state index contributed by atoms with van der Waals surface area (Å²) >= 11 is 8.28. The minimum atomic E-state index is -0.939. The van der Waals surface area contributed by atoms with Gasteiger partial charge in [-0.05, 0) is 40.6 Å². The molecule has 1 saturated heterocycles. The van der Waals surface area contributed by atoms with Crippen LogP contribution >= 0.6 is 34.2 Å². The van der Waals surface area contributed by atoms with Gasteiger partial charge in [0.05, 0.1) is 12.1 Å². The number of carboxylic acids is 1. The highest BCUT2D eigenvalue weighted by atomic mass is 127. The molecule has 1 N–H and O–H groups in total. The van der Waals surface area contributed by atoms with Crippen LogP contribution in [0.15, 0.2) is 24.3 Å². The number of nitrogens with zero attached hydrogens (tertiary/aromatic N) is 2. The second-order valence-corrected chi connectivity index (χ2v) is 7.57. The van der Waals surface area contributed by atoms with E-state index in [-0.39, 0.29) is 5.91 Å². The largest absolute Gasteiger partial charge is 0.496 e. The number of carbonyl (C=O) groups excluding carboxylic acids is 1. The van der Waals surface area contributed by atoms with Crippen molar-refractivity contribution in [2.75, 3.05) is 39.8 Å². The van der Waals surface area contributed by atoms with Gasteiger partial charge in [0.25, 0.3) is 0 Å². The number of aliphatic carboxylic acids is 1. The Morgan fingerprint density at radius 1 is 1.31 bits per heavy atom. The highest BCUT2D eigenvalue weighted by Crippen LogP contribution is 2.29. The lowest BCUT2D eigenvalue weighted by Crippen LogP contribution is -2.48. The molecular formula is C18H22ClIN2O4. The molecule has 142 valence electrons. The quantitative estimate of drug-likeness (QED) is 0.468. The summed E-state index contributed by atoms with van der Waals surface area (Å²) in [7, 11) is 1.60. The number of amides is 1. The summed E-state index contributed by atoms with van der Waals surface area (Å²) in [4.78, 5) is 27.0. The Morgan fingerprint density at radius 2 is 2.00 bits per heavy atom. The van der Waals surface area contributed by atoms with E-state index in [1.54, 1.807) is 19.3 Å². The molecule has 0 spiro atoms. The van der Waals surface area contributed by atoms with Gasteiger partial charge in [-0.3, -0.25) is 9.69 Å². The third-order valence-electron chi connectivity index (χ3n) is 4.28. The summed E-state index contributed by atoms with van der Waals surface area (Å²) in [6.07, 6.45) is 3.82. The number of carboxylic acid groups (broad SMARTS) is 1. The average molecular weight is 493 g/mol. The zero-order valence-corrected chi connectivity index (χ0v) is 17.5. The molecule has 1 amide bonds. The molecule has 1 aliphatic heterocycles. The smallest absolute Gasteiger partial charge is 0.328 e. The van der Waals surface area contributed by atoms with E-state index in [9.17, 15) is 9.59 Å². The first-order valence-corrected chi connectivity index (χ1v) is 9.78. The van der Waals surface area contributed by atoms with Crippen molar-refractivity contribution >= 4 is 46.1 Å². The SMILES string of the molecule is COc1cc(Cl)c(I)cc1CCC(=O)N1CCN(C/C=C/C(=O)O)CC1. The van der Waals surface area contributed by atoms with Crippen LogP contribution in [0.3, 0.4) is 0 Å². The number of benzene rings is 1. The summed E-state index contributed by atoms with van der Waals surface area (Å²) in [6, 6.07) is 3.74. The maximum absolute atomic E-state index is 12.5. The Kier molecular flexibility index (Phi) is 8.17. The fourth-order valence-electron chi connectivity index (χ4n) is 2.84. The van der Waals surface area contributed by atoms with Crippen molar-refractivity contribution in [3.8, 4) is 5.75 Å². The molecule has 0 aliphatic carbocycles. The zero-order chi connectivity index (χ0) is 19.1. The van der Waals surface area contributed by atoms with E-state index in [0.717, 1.165) is 28.3 Å². The summed E-state index contributed by atoms with van der Waals surface area (Å²) < 4.78 is 6.30. The lowest BCUT2D eigenvalue weighted by Gasteiger charge is -2.34.